The highest BCUT2D eigenvalue weighted by atomic mass is 16.3. The van der Waals surface area contributed by atoms with E-state index in [1.165, 1.54) is 0 Å². The Morgan fingerprint density at radius 2 is 0.511 bits per heavy atom. The highest BCUT2D eigenvalue weighted by molar-refractivity contribution is 6.28. The van der Waals surface area contributed by atoms with Crippen LogP contribution in [-0.2, 0) is 0 Å². The van der Waals surface area contributed by atoms with E-state index in [2.05, 4.69) is 0 Å². The van der Waals surface area contributed by atoms with E-state index in [-0.39, 0.29) is 0 Å². The van der Waals surface area contributed by atoms with Crippen molar-refractivity contribution < 1.29 is 82.9 Å². The van der Waals surface area contributed by atoms with Gasteiger partial charge in [0.1, 0.15) is 22.3 Å². The van der Waals surface area contributed by atoms with Crippen LogP contribution in [0.25, 0.3) is 186 Å². The molecule has 19 rings (SSSR count). The molecule has 2 heteroatoms. The molecule has 0 saturated heterocycles. The van der Waals surface area contributed by atoms with Gasteiger partial charge in [0.05, 0.1) is 74.0 Å². The second-order valence-electron chi connectivity index (χ2n) is 19.5. The Morgan fingerprint density at radius 3 is 0.956 bits per heavy atom. The molecule has 0 bridgehead atoms. The van der Waals surface area contributed by atoms with Gasteiger partial charge in [-0.3, -0.25) is 0 Å². The van der Waals surface area contributed by atoms with Crippen molar-refractivity contribution in [3.63, 3.8) is 0 Å². The third kappa shape index (κ3) is 8.34. The molecule has 418 valence electrons. The largest absolute Gasteiger partial charge is 0.456 e. The van der Waals surface area contributed by atoms with E-state index < -0.39 is 512 Å². The summed E-state index contributed by atoms with van der Waals surface area (Å²) >= 11 is 0. The van der Waals surface area contributed by atoms with Crippen LogP contribution in [0.2, 0.25) is 0 Å². The summed E-state index contributed by atoms with van der Waals surface area (Å²) in [5.41, 5.74) is -11.7. The zero-order valence-corrected chi connectivity index (χ0v) is 44.8. The minimum absolute atomic E-state index is 0.469. The number of fused-ring (bicyclic) bond motifs is 13. The lowest BCUT2D eigenvalue weighted by atomic mass is 9.83. The SMILES string of the molecule is [2H]c1c([2H])c([2H])c(-c2c([2H])c(-c3c4c([2H])c([2H])c([2H])c([2H])c4c(-c4c([2H])c([2H])c([2H])c5oc6c([2H])c7c([2H])c([2H])c([2H])c([2H])c7c([2H])c6c45)c4c([2H])c([2H])c([2H])c([2H])c34)c([2H])c3c([2H])c([2H])c([2H])c([2H])c23)c([2H])c1[2H].[2H]c1c([2H])c([2H])c(-c2c([2H])c([2H])c(-c3c4c([2H])c([2H])c([2H])c([2H])c4c(-c4c([2H])c([2H])c([2H])c5oc6c([2H])c7c([2H])c([2H])c([2H])c([2H])c7c([2H])c6c45)c4c([2H])c([2H])c([2H])c([2H])c34)c([2H])c2[2H])c([2H])c1[2H]. The minimum Gasteiger partial charge on any atom is -0.456 e. The number of hydrogen-bond donors (Lipinski definition) is 0. The van der Waals surface area contributed by atoms with Gasteiger partial charge in [0.15, 0.2) is 0 Å². The van der Waals surface area contributed by atoms with Crippen LogP contribution in [-0.4, -0.2) is 0 Å². The van der Waals surface area contributed by atoms with Crippen LogP contribution in [0.15, 0.2) is 335 Å². The molecule has 0 saturated carbocycles. The second kappa shape index (κ2) is 21.0. The molecule has 90 heavy (non-hydrogen) atoms. The molecule has 0 aliphatic rings. The average Bonchev–Trinajstić information content (AvgIpc) is 1.12. The third-order valence-corrected chi connectivity index (χ3v) is 14.7. The van der Waals surface area contributed by atoms with Gasteiger partial charge in [-0.05, 0) is 191 Å². The summed E-state index contributed by atoms with van der Waals surface area (Å²) in [6, 6.07) is -50.0. The van der Waals surface area contributed by atoms with E-state index in [0.29, 0.717) is 0 Å². The molecule has 0 spiro atoms. The fraction of sp³-hybridized carbons (Fsp3) is 0. The lowest BCUT2D eigenvalue weighted by Crippen LogP contribution is -1.92. The predicted octanol–water partition coefficient (Wildman–Crippen LogP) is 25.2. The maximum Gasteiger partial charge on any atom is 0.136 e. The third-order valence-electron chi connectivity index (χ3n) is 14.7. The molecule has 0 aliphatic heterocycles. The summed E-state index contributed by atoms with van der Waals surface area (Å²) in [4.78, 5) is 0. The Labute approximate surface area is 595 Å². The number of hydrogen-bond acceptors (Lipinski definition) is 2. The van der Waals surface area contributed by atoms with Gasteiger partial charge < -0.3 is 8.83 Å². The molecular weight excluding hydrogens is 1090 g/mol. The summed E-state index contributed by atoms with van der Waals surface area (Å²) in [5, 5.41) is -11.5. The van der Waals surface area contributed by atoms with Crippen molar-refractivity contribution in [2.75, 3.05) is 0 Å². The molecule has 0 fully saturated rings. The van der Waals surface area contributed by atoms with Crippen molar-refractivity contribution in [1.29, 1.82) is 0 Å². The van der Waals surface area contributed by atoms with Gasteiger partial charge in [0.2, 0.25) is 0 Å². The van der Waals surface area contributed by atoms with Crippen LogP contribution < -0.4 is 0 Å². The molecule has 0 amide bonds. The molecule has 0 N–H and O–H groups in total. The zero-order valence-electron chi connectivity index (χ0n) is 98.8. The maximum atomic E-state index is 9.99. The first-order chi connectivity index (χ1) is 67.1. The zero-order chi connectivity index (χ0) is 106. The Kier molecular flexibility index (Phi) is 4.87. The molecule has 2 heterocycles. The van der Waals surface area contributed by atoms with Crippen molar-refractivity contribution in [2.45, 2.75) is 0 Å². The van der Waals surface area contributed by atoms with Crippen molar-refractivity contribution >= 4 is 119 Å². The molecule has 2 nitrogen and oxygen atoms in total. The first-order valence-electron chi connectivity index (χ1n) is 53.6. The molecule has 2 aromatic heterocycles. The minimum atomic E-state index is -1.08. The topological polar surface area (TPSA) is 26.3 Å². The first kappa shape index (κ1) is 20.9. The Balaban J connectivity index is 0.000000190. The molecule has 0 atom stereocenters. The summed E-state index contributed by atoms with van der Waals surface area (Å²) in [5.74, 6) is 0. The first-order valence-corrected chi connectivity index (χ1v) is 26.6. The van der Waals surface area contributed by atoms with Gasteiger partial charge in [0.25, 0.3) is 0 Å². The standard InChI is InChI=1S/C46H28O.C42H26O/c1-2-13-29(14-3-1)40-27-33(25-32-17-6-7-18-34(32)40)44-35-19-8-10-21-37(35)45(38-22-11-9-20-36(38)44)39-23-12-24-42-46(39)41-26-30-15-4-5-16-31(30)28-43(41)47-42;1-2-11-27(12-3-1)28-21-23-29(24-22-28)40-32-15-6-8-17-34(32)41(35-18-9-7-16-33(35)40)36-19-10-20-38-42(36)37-25-30-13-4-5-14-31(30)26-39(37)43-38/h1-28H;1-26H/i1D,2D,3D,4D,5D,6D,7D,8D,9D,10D,11D,12D,13D,14D,15D,16D,17D,18D,19D,20D,21D,22D,23D,24D,25D,26D,27D,28D;1D,2D,3D,4D,5D,6D,7D,8D,9D,10D,11D,12D,13D,14D,15D,16D,17D,18D,19D,20D,21D,22D,23D,24D,25D,26D. The van der Waals surface area contributed by atoms with Gasteiger partial charge in [-0.2, -0.15) is 0 Å². The monoisotopic (exact) mass is 1200 g/mol. The molecule has 17 aromatic carbocycles. The van der Waals surface area contributed by atoms with Crippen LogP contribution in [0, 0.1) is 0 Å². The van der Waals surface area contributed by atoms with E-state index in [0.717, 1.165) is 0 Å². The molecule has 19 aromatic rings. The van der Waals surface area contributed by atoms with E-state index in [1.807, 2.05) is 0 Å². The molecule has 0 radical (unpaired) electrons. The Morgan fingerprint density at radius 1 is 0.178 bits per heavy atom. The van der Waals surface area contributed by atoms with Crippen LogP contribution in [0.5, 0.6) is 0 Å². The highest BCUT2D eigenvalue weighted by Gasteiger charge is 2.24. The normalized spacial score (nSPS) is 20.2. The quantitative estimate of drug-likeness (QED) is 0.155. The van der Waals surface area contributed by atoms with Crippen molar-refractivity contribution in [3.05, 3.63) is 326 Å². The lowest BCUT2D eigenvalue weighted by Gasteiger charge is -2.19. The number of benzene rings is 17. The van der Waals surface area contributed by atoms with Crippen LogP contribution >= 0.6 is 0 Å². The lowest BCUT2D eigenvalue weighted by molar-refractivity contribution is 0.669. The number of rotatable bonds is 6. The van der Waals surface area contributed by atoms with Gasteiger partial charge >= 0.3 is 0 Å². The maximum absolute atomic E-state index is 9.99. The van der Waals surface area contributed by atoms with E-state index >= 15 is 0 Å². The summed E-state index contributed by atoms with van der Waals surface area (Å²) < 4.78 is 497. The highest BCUT2D eigenvalue weighted by Crippen LogP contribution is 2.50. The second-order valence-corrected chi connectivity index (χ2v) is 19.5. The van der Waals surface area contributed by atoms with Crippen molar-refractivity contribution in [1.82, 2.24) is 0 Å². The van der Waals surface area contributed by atoms with E-state index in [4.69, 9.17) is 56.8 Å². The van der Waals surface area contributed by atoms with Gasteiger partial charge in [-0.25, -0.2) is 0 Å². The van der Waals surface area contributed by atoms with E-state index in [1.54, 1.807) is 0 Å². The van der Waals surface area contributed by atoms with Crippen LogP contribution in [0.4, 0.5) is 0 Å². The summed E-state index contributed by atoms with van der Waals surface area (Å²) in [6.07, 6.45) is 0. The van der Waals surface area contributed by atoms with Gasteiger partial charge in [-0.1, -0.05) is 278 Å². The molecule has 0 unspecified atom stereocenters. The van der Waals surface area contributed by atoms with E-state index in [9.17, 15) is 26.0 Å². The van der Waals surface area contributed by atoms with Crippen molar-refractivity contribution in [3.8, 4) is 66.8 Å². The average molecular weight is 1200 g/mol. The van der Waals surface area contributed by atoms with Gasteiger partial charge in [-0.15, -0.1) is 0 Å². The summed E-state index contributed by atoms with van der Waals surface area (Å²) in [6.45, 7) is 0. The number of furan rings is 2. The van der Waals surface area contributed by atoms with Crippen LogP contribution in [0.3, 0.4) is 0 Å². The summed E-state index contributed by atoms with van der Waals surface area (Å²) in [7, 11) is 0. The molecule has 0 aliphatic carbocycles. The van der Waals surface area contributed by atoms with Crippen LogP contribution in [0.1, 0.15) is 74.0 Å². The predicted molar refractivity (Wildman–Crippen MR) is 383 cm³/mol. The smallest absolute Gasteiger partial charge is 0.136 e. The Hall–Kier alpha value is -11.8. The fourth-order valence-electron chi connectivity index (χ4n) is 11.0. The molecular formula is C88H54O2. The Bertz CT molecular complexity index is 9230. The van der Waals surface area contributed by atoms with Crippen molar-refractivity contribution in [2.24, 2.45) is 0 Å². The fourth-order valence-corrected chi connectivity index (χ4v) is 11.0. The van der Waals surface area contributed by atoms with Gasteiger partial charge in [0, 0.05) is 21.5 Å².